The molecule has 0 aliphatic rings. The molecule has 7 heteroatoms. The van der Waals surface area contributed by atoms with Gasteiger partial charge in [-0.05, 0) is 63.5 Å². The first-order valence-corrected chi connectivity index (χ1v) is 11.4. The van der Waals surface area contributed by atoms with Crippen LogP contribution in [0.25, 0.3) is 0 Å². The maximum absolute atomic E-state index is 12.4. The Kier molecular flexibility index (Phi) is 8.65. The Morgan fingerprint density at radius 2 is 1.80 bits per heavy atom. The summed E-state index contributed by atoms with van der Waals surface area (Å²) in [5, 5.41) is 2.61. The molecule has 1 rings (SSSR count). The van der Waals surface area contributed by atoms with E-state index in [4.69, 9.17) is 9.47 Å². The largest absolute Gasteiger partial charge is 0.444 e. The van der Waals surface area contributed by atoms with Crippen LogP contribution in [0.4, 0.5) is 4.79 Å². The molecule has 0 radical (unpaired) electrons. The number of nitrogens with one attached hydrogen (secondary N) is 1. The maximum atomic E-state index is 12.4. The highest BCUT2D eigenvalue weighted by atomic mass is 32.2. The molecule has 5 nitrogen and oxygen atoms in total. The first-order chi connectivity index (χ1) is 11.6. The van der Waals surface area contributed by atoms with E-state index in [-0.39, 0.29) is 10.9 Å². The van der Waals surface area contributed by atoms with E-state index in [2.05, 4.69) is 17.8 Å². The lowest BCUT2D eigenvalue weighted by Crippen LogP contribution is -2.45. The summed E-state index contributed by atoms with van der Waals surface area (Å²) in [7, 11) is 0.153. The van der Waals surface area contributed by atoms with Crippen molar-refractivity contribution in [1.82, 2.24) is 5.32 Å². The van der Waals surface area contributed by atoms with Crippen LogP contribution in [0, 0.1) is 0 Å². The first-order valence-electron chi connectivity index (χ1n) is 8.00. The minimum Gasteiger partial charge on any atom is -0.444 e. The third-order valence-corrected chi connectivity index (χ3v) is 4.96. The van der Waals surface area contributed by atoms with Crippen LogP contribution in [0.1, 0.15) is 27.2 Å². The number of carbonyl (C=O) groups excluding carboxylic acids is 2. The fraction of sp³-hybridized carbons (Fsp3) is 0.556. The number of ether oxygens (including phenoxy) is 2. The van der Waals surface area contributed by atoms with Gasteiger partial charge in [0.2, 0.25) is 0 Å². The van der Waals surface area contributed by atoms with Gasteiger partial charge in [0.1, 0.15) is 29.9 Å². The van der Waals surface area contributed by atoms with Gasteiger partial charge in [0.05, 0.1) is 0 Å². The summed E-state index contributed by atoms with van der Waals surface area (Å²) < 4.78 is 10.7. The highest BCUT2D eigenvalue weighted by Gasteiger charge is 2.25. The van der Waals surface area contributed by atoms with E-state index in [1.807, 2.05) is 18.4 Å². The molecule has 0 saturated heterocycles. The summed E-state index contributed by atoms with van der Waals surface area (Å²) in [6.07, 6.45) is 6.06. The topological polar surface area (TPSA) is 64.6 Å². The number of benzene rings is 1. The monoisotopic (exact) mass is 386 g/mol. The molecule has 1 N–H and O–H groups in total. The fourth-order valence-electron chi connectivity index (χ4n) is 1.90. The second-order valence-corrected chi connectivity index (χ2v) is 9.78. The van der Waals surface area contributed by atoms with Crippen molar-refractivity contribution in [3.63, 3.8) is 0 Å². The van der Waals surface area contributed by atoms with Gasteiger partial charge in [-0.3, -0.25) is 0 Å². The highest BCUT2D eigenvalue weighted by molar-refractivity contribution is 7.98. The van der Waals surface area contributed by atoms with Crippen LogP contribution >= 0.6 is 11.8 Å². The van der Waals surface area contributed by atoms with Crippen molar-refractivity contribution < 1.29 is 19.1 Å². The van der Waals surface area contributed by atoms with Crippen LogP contribution in [0.3, 0.4) is 0 Å². The fourth-order valence-corrected chi connectivity index (χ4v) is 3.05. The van der Waals surface area contributed by atoms with Gasteiger partial charge in [-0.1, -0.05) is 0 Å². The molecule has 0 aliphatic heterocycles. The van der Waals surface area contributed by atoms with Crippen LogP contribution < -0.4 is 10.1 Å². The molecule has 0 saturated carbocycles. The number of rotatable bonds is 7. The van der Waals surface area contributed by atoms with E-state index < -0.39 is 23.7 Å². The molecule has 0 bridgehead atoms. The Bertz CT molecular complexity index is 567. The molecule has 25 heavy (non-hydrogen) atoms. The quantitative estimate of drug-likeness (QED) is 0.442. The second kappa shape index (κ2) is 9.97. The van der Waals surface area contributed by atoms with Crippen molar-refractivity contribution in [2.24, 2.45) is 0 Å². The summed E-state index contributed by atoms with van der Waals surface area (Å²) in [5.74, 6) is 0.710. The molecular formula is C18H28NO4S2+. The lowest BCUT2D eigenvalue weighted by molar-refractivity contribution is -0.136. The number of thioether (sulfide) groups is 1. The first kappa shape index (κ1) is 21.7. The van der Waals surface area contributed by atoms with Crippen molar-refractivity contribution in [1.29, 1.82) is 0 Å². The summed E-state index contributed by atoms with van der Waals surface area (Å²) in [4.78, 5) is 25.6. The highest BCUT2D eigenvalue weighted by Crippen LogP contribution is 2.17. The van der Waals surface area contributed by atoms with Gasteiger partial charge in [-0.25, -0.2) is 9.59 Å². The molecule has 0 aromatic heterocycles. The number of hydrogen-bond donors (Lipinski definition) is 1. The summed E-state index contributed by atoms with van der Waals surface area (Å²) in [5.41, 5.74) is -0.620. The second-order valence-electron chi connectivity index (χ2n) is 6.69. The van der Waals surface area contributed by atoms with E-state index in [1.54, 1.807) is 44.7 Å². The molecule has 1 aromatic rings. The minimum absolute atomic E-state index is 0.153. The lowest BCUT2D eigenvalue weighted by atomic mass is 10.2. The zero-order chi connectivity index (χ0) is 19.0. The van der Waals surface area contributed by atoms with Crippen LogP contribution in [-0.4, -0.2) is 48.2 Å². The summed E-state index contributed by atoms with van der Waals surface area (Å²) >= 11 is 1.60. The van der Waals surface area contributed by atoms with Crippen molar-refractivity contribution in [3.8, 4) is 5.75 Å². The Morgan fingerprint density at radius 1 is 1.20 bits per heavy atom. The van der Waals surface area contributed by atoms with Gasteiger partial charge in [-0.15, -0.1) is 0 Å². The molecule has 0 unspecified atom stereocenters. The van der Waals surface area contributed by atoms with E-state index in [0.717, 1.165) is 5.75 Å². The lowest BCUT2D eigenvalue weighted by Gasteiger charge is -2.22. The van der Waals surface area contributed by atoms with Crippen LogP contribution in [-0.2, 0) is 20.4 Å². The molecule has 0 aliphatic carbocycles. The van der Waals surface area contributed by atoms with Gasteiger partial charge in [-0.2, -0.15) is 11.8 Å². The molecule has 1 atom stereocenters. The minimum atomic E-state index is -0.742. The van der Waals surface area contributed by atoms with E-state index in [0.29, 0.717) is 12.2 Å². The SMILES string of the molecule is CSCC[C@H](NC(=O)OC(C)(C)C)C(=O)Oc1ccc([S+](C)C)cc1. The standard InChI is InChI=1S/C18H27NO4S2/c1-18(2,3)23-17(21)19-15(11-12-24-4)16(20)22-13-7-9-14(10-8-13)25(5)6/h7-10,15H,11-12H2,1-6H3/p+1/t15-/m0/s1. The number of amides is 1. The molecular weight excluding hydrogens is 358 g/mol. The number of alkyl carbamates (subject to hydrolysis) is 1. The molecule has 0 fully saturated rings. The van der Waals surface area contributed by atoms with Gasteiger partial charge in [0, 0.05) is 10.9 Å². The van der Waals surface area contributed by atoms with Crippen LogP contribution in [0.15, 0.2) is 29.2 Å². The zero-order valence-corrected chi connectivity index (χ0v) is 17.4. The molecule has 140 valence electrons. The van der Waals surface area contributed by atoms with Gasteiger partial charge < -0.3 is 14.8 Å². The van der Waals surface area contributed by atoms with Crippen molar-refractivity contribution in [3.05, 3.63) is 24.3 Å². The number of esters is 1. The van der Waals surface area contributed by atoms with Gasteiger partial charge >= 0.3 is 12.1 Å². The van der Waals surface area contributed by atoms with Crippen LogP contribution in [0.5, 0.6) is 5.75 Å². The van der Waals surface area contributed by atoms with Crippen LogP contribution in [0.2, 0.25) is 0 Å². The van der Waals surface area contributed by atoms with Crippen molar-refractivity contribution in [2.45, 2.75) is 43.7 Å². The predicted octanol–water partition coefficient (Wildman–Crippen LogP) is 3.48. The Balaban J connectivity index is 2.73. The molecule has 1 amide bonds. The molecule has 0 heterocycles. The summed E-state index contributed by atoms with van der Waals surface area (Å²) in [6, 6.07) is 6.71. The molecule has 1 aromatic carbocycles. The average Bonchev–Trinajstić information content (AvgIpc) is 2.50. The number of hydrogen-bond acceptors (Lipinski definition) is 5. The Hall–Kier alpha value is -1.34. The summed E-state index contributed by atoms with van der Waals surface area (Å²) in [6.45, 7) is 5.33. The van der Waals surface area contributed by atoms with Crippen molar-refractivity contribution >= 4 is 34.7 Å². The normalized spacial score (nSPS) is 12.6. The third kappa shape index (κ3) is 8.54. The number of carbonyl (C=O) groups is 2. The predicted molar refractivity (Wildman–Crippen MR) is 106 cm³/mol. The maximum Gasteiger partial charge on any atom is 0.408 e. The smallest absolute Gasteiger partial charge is 0.408 e. The molecule has 0 spiro atoms. The average molecular weight is 387 g/mol. The third-order valence-electron chi connectivity index (χ3n) is 3.10. The van der Waals surface area contributed by atoms with E-state index in [1.165, 1.54) is 4.90 Å². The van der Waals surface area contributed by atoms with Gasteiger partial charge in [0.25, 0.3) is 0 Å². The van der Waals surface area contributed by atoms with E-state index in [9.17, 15) is 9.59 Å². The Morgan fingerprint density at radius 3 is 2.28 bits per heavy atom. The van der Waals surface area contributed by atoms with E-state index >= 15 is 0 Å². The Labute approximate surface area is 157 Å². The zero-order valence-electron chi connectivity index (χ0n) is 15.8. The van der Waals surface area contributed by atoms with Crippen molar-refractivity contribution in [2.75, 3.05) is 24.5 Å². The van der Waals surface area contributed by atoms with Gasteiger partial charge in [0.15, 0.2) is 4.90 Å².